The van der Waals surface area contributed by atoms with E-state index < -0.39 is 0 Å². The molecule has 2 heteroatoms. The van der Waals surface area contributed by atoms with Crippen LogP contribution in [-0.4, -0.2) is 5.25 Å². The van der Waals surface area contributed by atoms with E-state index in [1.165, 1.54) is 19.3 Å². The molecule has 0 N–H and O–H groups in total. The molecular formula is C4H8S2. The lowest BCUT2D eigenvalue weighted by molar-refractivity contribution is 0.524. The summed E-state index contributed by atoms with van der Waals surface area (Å²) in [4.78, 5) is 0. The monoisotopic (exact) mass is 120 g/mol. The summed E-state index contributed by atoms with van der Waals surface area (Å²) in [5.74, 6) is 0. The summed E-state index contributed by atoms with van der Waals surface area (Å²) < 4.78 is 0. The first-order chi connectivity index (χ1) is 2.93. The molecule has 1 fully saturated rings. The second-order valence-electron chi connectivity index (χ2n) is 1.66. The third kappa shape index (κ3) is 0.850. The van der Waals surface area contributed by atoms with Crippen molar-refractivity contribution in [3.63, 3.8) is 0 Å². The highest BCUT2D eigenvalue weighted by Gasteiger charge is 2.15. The quantitative estimate of drug-likeness (QED) is 0.408. The van der Waals surface area contributed by atoms with Gasteiger partial charge in [-0.25, -0.2) is 0 Å². The molecule has 1 aliphatic rings. The number of hydrogen-bond acceptors (Lipinski definition) is 2. The molecule has 0 radical (unpaired) electrons. The van der Waals surface area contributed by atoms with Crippen molar-refractivity contribution < 1.29 is 0 Å². The summed E-state index contributed by atoms with van der Waals surface area (Å²) in [6, 6.07) is 0. The average molecular weight is 120 g/mol. The summed E-state index contributed by atoms with van der Waals surface area (Å²) in [7, 11) is 1.71. The van der Waals surface area contributed by atoms with E-state index in [1.807, 2.05) is 0 Å². The van der Waals surface area contributed by atoms with Crippen LogP contribution >= 0.6 is 22.5 Å². The van der Waals surface area contributed by atoms with Gasteiger partial charge in [0.1, 0.15) is 0 Å². The van der Waals surface area contributed by atoms with Crippen LogP contribution in [0, 0.1) is 0 Å². The van der Waals surface area contributed by atoms with Crippen LogP contribution < -0.4 is 0 Å². The van der Waals surface area contributed by atoms with Crippen LogP contribution in [0.15, 0.2) is 0 Å². The Morgan fingerprint density at radius 3 is 2.17 bits per heavy atom. The Kier molecular flexibility index (Phi) is 1.72. The molecule has 0 heterocycles. The highest BCUT2D eigenvalue weighted by atomic mass is 33.1. The molecule has 0 amide bonds. The Bertz CT molecular complexity index is 38.1. The molecule has 6 heavy (non-hydrogen) atoms. The second-order valence-corrected chi connectivity index (χ2v) is 3.17. The topological polar surface area (TPSA) is 0 Å². The normalized spacial score (nSPS) is 23.5. The maximum absolute atomic E-state index is 4.06. The predicted molar refractivity (Wildman–Crippen MR) is 34.2 cm³/mol. The highest BCUT2D eigenvalue weighted by Crippen LogP contribution is 2.32. The zero-order valence-corrected chi connectivity index (χ0v) is 5.27. The van der Waals surface area contributed by atoms with Gasteiger partial charge in [0.05, 0.1) is 0 Å². The van der Waals surface area contributed by atoms with E-state index in [0.717, 1.165) is 5.25 Å². The molecule has 0 aromatic heterocycles. The maximum Gasteiger partial charge on any atom is 0.0149 e. The van der Waals surface area contributed by atoms with Crippen molar-refractivity contribution in [3.8, 4) is 0 Å². The van der Waals surface area contributed by atoms with Crippen LogP contribution in [0.4, 0.5) is 0 Å². The first kappa shape index (κ1) is 4.85. The van der Waals surface area contributed by atoms with E-state index in [2.05, 4.69) is 11.7 Å². The lowest BCUT2D eigenvalue weighted by atomic mass is 10.0. The van der Waals surface area contributed by atoms with Crippen molar-refractivity contribution in [1.82, 2.24) is 0 Å². The fourth-order valence-corrected chi connectivity index (χ4v) is 1.65. The molecule has 1 aliphatic carbocycles. The van der Waals surface area contributed by atoms with Crippen LogP contribution in [0.3, 0.4) is 0 Å². The Labute approximate surface area is 47.5 Å². The molecule has 0 bridgehead atoms. The van der Waals surface area contributed by atoms with E-state index in [9.17, 15) is 0 Å². The van der Waals surface area contributed by atoms with Crippen LogP contribution in [-0.2, 0) is 0 Å². The van der Waals surface area contributed by atoms with Crippen molar-refractivity contribution >= 4 is 22.5 Å². The van der Waals surface area contributed by atoms with Gasteiger partial charge in [-0.3, -0.25) is 0 Å². The molecule has 0 unspecified atom stereocenters. The van der Waals surface area contributed by atoms with E-state index in [0.29, 0.717) is 0 Å². The Morgan fingerprint density at radius 1 is 1.50 bits per heavy atom. The molecule has 0 nitrogen and oxygen atoms in total. The summed E-state index contributed by atoms with van der Waals surface area (Å²) in [6.45, 7) is 0. The van der Waals surface area contributed by atoms with Gasteiger partial charge < -0.3 is 0 Å². The predicted octanol–water partition coefficient (Wildman–Crippen LogP) is 2.12. The van der Waals surface area contributed by atoms with Crippen molar-refractivity contribution in [2.24, 2.45) is 0 Å². The minimum absolute atomic E-state index is 0.897. The maximum atomic E-state index is 4.06. The number of hydrogen-bond donors (Lipinski definition) is 1. The molecule has 0 spiro atoms. The Morgan fingerprint density at radius 2 is 2.17 bits per heavy atom. The summed E-state index contributed by atoms with van der Waals surface area (Å²) in [5, 5.41) is 0.897. The molecule has 0 atom stereocenters. The number of rotatable bonds is 1. The Balaban J connectivity index is 2.01. The lowest BCUT2D eigenvalue weighted by Gasteiger charge is -2.21. The van der Waals surface area contributed by atoms with Gasteiger partial charge in [0, 0.05) is 5.25 Å². The smallest absolute Gasteiger partial charge is 0.0149 e. The third-order valence-electron chi connectivity index (χ3n) is 1.20. The highest BCUT2D eigenvalue weighted by molar-refractivity contribution is 8.68. The number of thiol groups is 1. The van der Waals surface area contributed by atoms with Crippen LogP contribution in [0.25, 0.3) is 0 Å². The zero-order valence-electron chi connectivity index (χ0n) is 3.55. The second kappa shape index (κ2) is 2.12. The lowest BCUT2D eigenvalue weighted by Crippen LogP contribution is -2.10. The molecule has 1 rings (SSSR count). The standard InChI is InChI=1S/C4H8S2/c5-6-4-2-1-3-4/h4-5H,1-3H2. The summed E-state index contributed by atoms with van der Waals surface area (Å²) >= 11 is 4.06. The van der Waals surface area contributed by atoms with Crippen LogP contribution in [0.1, 0.15) is 19.3 Å². The summed E-state index contributed by atoms with van der Waals surface area (Å²) in [6.07, 6.45) is 4.22. The van der Waals surface area contributed by atoms with Gasteiger partial charge in [-0.15, -0.1) is 11.7 Å². The SMILES string of the molecule is SSC1CCC1. The Hall–Kier alpha value is 0.700. The van der Waals surface area contributed by atoms with Crippen molar-refractivity contribution in [2.75, 3.05) is 0 Å². The van der Waals surface area contributed by atoms with Gasteiger partial charge in [0.2, 0.25) is 0 Å². The minimum Gasteiger partial charge on any atom is -0.111 e. The van der Waals surface area contributed by atoms with Gasteiger partial charge in [0.25, 0.3) is 0 Å². The van der Waals surface area contributed by atoms with E-state index in [1.54, 1.807) is 10.8 Å². The first-order valence-corrected chi connectivity index (χ1v) is 4.17. The van der Waals surface area contributed by atoms with Crippen molar-refractivity contribution in [1.29, 1.82) is 0 Å². The molecule has 0 aromatic carbocycles. The van der Waals surface area contributed by atoms with E-state index in [4.69, 9.17) is 0 Å². The zero-order chi connectivity index (χ0) is 4.41. The molecule has 0 aromatic rings. The van der Waals surface area contributed by atoms with Gasteiger partial charge in [0.15, 0.2) is 0 Å². The van der Waals surface area contributed by atoms with Crippen LogP contribution in [0.5, 0.6) is 0 Å². The molecule has 36 valence electrons. The van der Waals surface area contributed by atoms with E-state index in [-0.39, 0.29) is 0 Å². The average Bonchev–Trinajstić information content (AvgIpc) is 1.31. The van der Waals surface area contributed by atoms with Gasteiger partial charge >= 0.3 is 0 Å². The third-order valence-corrected chi connectivity index (χ3v) is 2.87. The van der Waals surface area contributed by atoms with Gasteiger partial charge in [-0.1, -0.05) is 17.2 Å². The fraction of sp³-hybridized carbons (Fsp3) is 1.00. The fourth-order valence-electron chi connectivity index (χ4n) is 0.476. The largest absolute Gasteiger partial charge is 0.111 e. The van der Waals surface area contributed by atoms with Crippen molar-refractivity contribution in [2.45, 2.75) is 24.5 Å². The first-order valence-electron chi connectivity index (χ1n) is 2.23. The van der Waals surface area contributed by atoms with Gasteiger partial charge in [-0.05, 0) is 12.8 Å². The van der Waals surface area contributed by atoms with E-state index >= 15 is 0 Å². The summed E-state index contributed by atoms with van der Waals surface area (Å²) in [5.41, 5.74) is 0. The minimum atomic E-state index is 0.897. The van der Waals surface area contributed by atoms with Gasteiger partial charge in [-0.2, -0.15) is 0 Å². The molecule has 0 aliphatic heterocycles. The van der Waals surface area contributed by atoms with Crippen molar-refractivity contribution in [3.05, 3.63) is 0 Å². The molecular weight excluding hydrogens is 112 g/mol. The molecule has 0 saturated heterocycles. The van der Waals surface area contributed by atoms with Crippen LogP contribution in [0.2, 0.25) is 0 Å². The molecule has 1 saturated carbocycles.